The number of rotatable bonds is 8. The first kappa shape index (κ1) is 22.3. The van der Waals surface area contributed by atoms with Crippen molar-refractivity contribution in [2.45, 2.75) is 38.3 Å². The maximum atomic E-state index is 13.2. The van der Waals surface area contributed by atoms with Gasteiger partial charge in [-0.15, -0.1) is 0 Å². The lowest BCUT2D eigenvalue weighted by Gasteiger charge is -2.46. The molecule has 2 aliphatic heterocycles. The molecule has 8 nitrogen and oxygen atoms in total. The summed E-state index contributed by atoms with van der Waals surface area (Å²) in [7, 11) is 1.64. The van der Waals surface area contributed by atoms with Gasteiger partial charge in [-0.1, -0.05) is 18.5 Å². The van der Waals surface area contributed by atoms with Gasteiger partial charge in [0.05, 0.1) is 36.0 Å². The summed E-state index contributed by atoms with van der Waals surface area (Å²) in [4.78, 5) is 25.1. The second kappa shape index (κ2) is 8.34. The number of carboxylic acids is 1. The fourth-order valence-electron chi connectivity index (χ4n) is 4.57. The van der Waals surface area contributed by atoms with Crippen molar-refractivity contribution in [1.29, 1.82) is 0 Å². The van der Waals surface area contributed by atoms with Crippen molar-refractivity contribution in [3.63, 3.8) is 0 Å². The largest absolute Gasteiger partial charge is 0.492 e. The maximum Gasteiger partial charge on any atom is 0.341 e. The number of fused-ring (bicyclic) bond motifs is 3. The molecular weight excluding hydrogens is 450 g/mol. The van der Waals surface area contributed by atoms with Crippen LogP contribution in [-0.2, 0) is 9.47 Å². The smallest absolute Gasteiger partial charge is 0.341 e. The standard InChI is InChI=1S/C24H26ClNO7/c1-24(11-31-12-24)21-15-8-16(23(28)29)22(27)26(13-4-5-13)20(15)14-9-17(25)19(10-18(14)33-21)32-7-3-6-30-2/h8-10,13,21H,3-7,11-12H2,1-2H3,(H,28,29). The van der Waals surface area contributed by atoms with Crippen LogP contribution < -0.4 is 15.0 Å². The molecule has 2 fully saturated rings. The SMILES string of the molecule is COCCCOc1cc2c(cc1Cl)-c1c(cc(C(=O)O)c(=O)n1C1CC1)C(C1(C)COC1)O2. The zero-order valence-electron chi connectivity index (χ0n) is 18.6. The lowest BCUT2D eigenvalue weighted by molar-refractivity contribution is -0.156. The minimum absolute atomic E-state index is 0.0358. The number of carboxylic acid groups (broad SMARTS) is 1. The number of benzene rings is 1. The Hall–Kier alpha value is -2.55. The highest BCUT2D eigenvalue weighted by Crippen LogP contribution is 2.54. The second-order valence-corrected chi connectivity index (χ2v) is 9.60. The van der Waals surface area contributed by atoms with Crippen molar-refractivity contribution in [2.24, 2.45) is 5.41 Å². The number of aromatic carboxylic acids is 1. The van der Waals surface area contributed by atoms with E-state index < -0.39 is 17.6 Å². The first-order valence-corrected chi connectivity index (χ1v) is 11.4. The molecular formula is C24H26ClNO7. The highest BCUT2D eigenvalue weighted by molar-refractivity contribution is 6.32. The van der Waals surface area contributed by atoms with E-state index in [-0.39, 0.29) is 17.0 Å². The van der Waals surface area contributed by atoms with Crippen molar-refractivity contribution >= 4 is 17.6 Å². The summed E-state index contributed by atoms with van der Waals surface area (Å²) in [5.74, 6) is -0.190. The number of carbonyl (C=O) groups is 1. The molecule has 1 aliphatic carbocycles. The Balaban J connectivity index is 1.68. The molecule has 1 aromatic heterocycles. The van der Waals surface area contributed by atoms with Gasteiger partial charge in [-0.3, -0.25) is 4.79 Å². The van der Waals surface area contributed by atoms with Gasteiger partial charge in [0, 0.05) is 43.4 Å². The van der Waals surface area contributed by atoms with Crippen LogP contribution >= 0.6 is 11.6 Å². The summed E-state index contributed by atoms with van der Waals surface area (Å²) in [5, 5.41) is 10.1. The maximum absolute atomic E-state index is 13.2. The molecule has 176 valence electrons. The molecule has 1 saturated heterocycles. The minimum Gasteiger partial charge on any atom is -0.492 e. The van der Waals surface area contributed by atoms with Gasteiger partial charge in [0.15, 0.2) is 0 Å². The molecule has 0 bridgehead atoms. The van der Waals surface area contributed by atoms with E-state index in [1.54, 1.807) is 23.8 Å². The highest BCUT2D eigenvalue weighted by atomic mass is 35.5. The van der Waals surface area contributed by atoms with Gasteiger partial charge in [0.2, 0.25) is 0 Å². The summed E-state index contributed by atoms with van der Waals surface area (Å²) in [5.41, 5.74) is 0.932. The van der Waals surface area contributed by atoms with Crippen molar-refractivity contribution < 1.29 is 28.8 Å². The molecule has 0 spiro atoms. The Bertz CT molecular complexity index is 1170. The van der Waals surface area contributed by atoms with E-state index in [1.165, 1.54) is 6.07 Å². The zero-order chi connectivity index (χ0) is 23.3. The number of methoxy groups -OCH3 is 1. The predicted octanol–water partition coefficient (Wildman–Crippen LogP) is 4.09. The number of aromatic nitrogens is 1. The molecule has 1 saturated carbocycles. The average Bonchev–Trinajstić information content (AvgIpc) is 3.59. The van der Waals surface area contributed by atoms with Gasteiger partial charge in [-0.2, -0.15) is 0 Å². The second-order valence-electron chi connectivity index (χ2n) is 9.19. The number of ether oxygens (including phenoxy) is 4. The Morgan fingerprint density at radius 3 is 2.64 bits per heavy atom. The van der Waals surface area contributed by atoms with Crippen LogP contribution in [0.25, 0.3) is 11.3 Å². The van der Waals surface area contributed by atoms with Crippen LogP contribution in [0.4, 0.5) is 0 Å². The predicted molar refractivity (Wildman–Crippen MR) is 121 cm³/mol. The van der Waals surface area contributed by atoms with Crippen molar-refractivity contribution in [2.75, 3.05) is 33.5 Å². The Morgan fingerprint density at radius 2 is 2.03 bits per heavy atom. The van der Waals surface area contributed by atoms with Crippen molar-refractivity contribution in [3.8, 4) is 22.8 Å². The molecule has 1 N–H and O–H groups in total. The molecule has 0 radical (unpaired) electrons. The van der Waals surface area contributed by atoms with E-state index in [1.807, 2.05) is 6.92 Å². The van der Waals surface area contributed by atoms with E-state index in [9.17, 15) is 14.7 Å². The van der Waals surface area contributed by atoms with Crippen LogP contribution in [0.1, 0.15) is 54.3 Å². The van der Waals surface area contributed by atoms with Gasteiger partial charge in [0.1, 0.15) is 23.2 Å². The van der Waals surface area contributed by atoms with Gasteiger partial charge >= 0.3 is 5.97 Å². The summed E-state index contributed by atoms with van der Waals surface area (Å²) in [6.07, 6.45) is 1.89. The number of nitrogens with zero attached hydrogens (tertiary/aromatic N) is 1. The summed E-state index contributed by atoms with van der Waals surface area (Å²) in [6, 6.07) is 4.94. The normalized spacial score (nSPS) is 20.3. The average molecular weight is 476 g/mol. The molecule has 1 aromatic carbocycles. The van der Waals surface area contributed by atoms with Crippen LogP contribution in [0, 0.1) is 5.41 Å². The van der Waals surface area contributed by atoms with E-state index in [0.717, 1.165) is 12.8 Å². The summed E-state index contributed by atoms with van der Waals surface area (Å²) >= 11 is 6.56. The van der Waals surface area contributed by atoms with Crippen LogP contribution in [0.2, 0.25) is 5.02 Å². The lowest BCUT2D eigenvalue weighted by atomic mass is 9.76. The van der Waals surface area contributed by atoms with Gasteiger partial charge in [0.25, 0.3) is 5.56 Å². The minimum atomic E-state index is -1.24. The van der Waals surface area contributed by atoms with E-state index >= 15 is 0 Å². The molecule has 1 unspecified atom stereocenters. The first-order valence-electron chi connectivity index (χ1n) is 11.1. The van der Waals surface area contributed by atoms with Gasteiger partial charge in [-0.05, 0) is 25.0 Å². The third-order valence-corrected chi connectivity index (χ3v) is 6.76. The quantitative estimate of drug-likeness (QED) is 0.574. The first-order chi connectivity index (χ1) is 15.8. The summed E-state index contributed by atoms with van der Waals surface area (Å²) in [6.45, 7) is 4.01. The molecule has 3 aliphatic rings. The molecule has 1 atom stereocenters. The molecule has 5 rings (SSSR count). The van der Waals surface area contributed by atoms with Crippen molar-refractivity contribution in [3.05, 3.63) is 44.7 Å². The Labute approximate surface area is 196 Å². The monoisotopic (exact) mass is 475 g/mol. The molecule has 3 heterocycles. The van der Waals surface area contributed by atoms with E-state index in [4.69, 9.17) is 30.5 Å². The zero-order valence-corrected chi connectivity index (χ0v) is 19.3. The molecule has 33 heavy (non-hydrogen) atoms. The molecule has 2 aromatic rings. The van der Waals surface area contributed by atoms with Gasteiger partial charge < -0.3 is 28.6 Å². The highest BCUT2D eigenvalue weighted by Gasteiger charge is 2.48. The van der Waals surface area contributed by atoms with Gasteiger partial charge in [-0.25, -0.2) is 4.79 Å². The molecule has 0 amide bonds. The van der Waals surface area contributed by atoms with Crippen LogP contribution in [-0.4, -0.2) is 49.2 Å². The van der Waals surface area contributed by atoms with Crippen LogP contribution in [0.15, 0.2) is 23.0 Å². The van der Waals surface area contributed by atoms with E-state index in [2.05, 4.69) is 0 Å². The third kappa shape index (κ3) is 3.80. The van der Waals surface area contributed by atoms with Crippen LogP contribution in [0.3, 0.4) is 0 Å². The fraction of sp³-hybridized carbons (Fsp3) is 0.500. The summed E-state index contributed by atoms with van der Waals surface area (Å²) < 4.78 is 24.5. The Morgan fingerprint density at radius 1 is 1.27 bits per heavy atom. The topological polar surface area (TPSA) is 96.2 Å². The molecule has 9 heteroatoms. The number of halogens is 1. The van der Waals surface area contributed by atoms with E-state index in [0.29, 0.717) is 66.2 Å². The number of hydrogen-bond acceptors (Lipinski definition) is 6. The number of pyridine rings is 1. The fourth-order valence-corrected chi connectivity index (χ4v) is 4.79. The van der Waals surface area contributed by atoms with Crippen molar-refractivity contribution in [1.82, 2.24) is 4.57 Å². The Kier molecular flexibility index (Phi) is 5.63. The number of hydrogen-bond donors (Lipinski definition) is 1. The van der Waals surface area contributed by atoms with Crippen LogP contribution in [0.5, 0.6) is 11.5 Å². The third-order valence-electron chi connectivity index (χ3n) is 6.47. The lowest BCUT2D eigenvalue weighted by Crippen LogP contribution is -2.48.